The summed E-state index contributed by atoms with van der Waals surface area (Å²) < 4.78 is 4.81. The fraction of sp³-hybridized carbons (Fsp3) is 0.762. The first-order chi connectivity index (χ1) is 12.3. The highest BCUT2D eigenvalue weighted by molar-refractivity contribution is 5.69. The molecule has 2 aliphatic rings. The normalized spacial score (nSPS) is 33.2. The van der Waals surface area contributed by atoms with E-state index in [0.717, 1.165) is 12.8 Å². The Kier molecular flexibility index (Phi) is 7.44. The third-order valence-corrected chi connectivity index (χ3v) is 5.89. The van der Waals surface area contributed by atoms with Crippen LogP contribution in [0, 0.1) is 17.8 Å². The zero-order valence-corrected chi connectivity index (χ0v) is 16.2. The second-order valence-electron chi connectivity index (χ2n) is 8.00. The van der Waals surface area contributed by atoms with Gasteiger partial charge in [-0.25, -0.2) is 0 Å². The predicted molar refractivity (Wildman–Crippen MR) is 100 cm³/mol. The van der Waals surface area contributed by atoms with Crippen LogP contribution in [-0.2, 0) is 9.53 Å². The number of aliphatic hydroxyl groups excluding tert-OH is 2. The molecule has 2 aliphatic carbocycles. The fourth-order valence-electron chi connectivity index (χ4n) is 4.30. The highest BCUT2D eigenvalue weighted by Gasteiger charge is 2.45. The SMILES string of the molecule is CCOC(=O)C[C@H](O)C[C@H](O)CC[C@]1(O)C2CC[C@@H](C)C=C2C=C[C@@H]1C. The standard InChI is InChI=1S/C21H34O5/c1-4-26-20(24)13-18(23)12-17(22)9-10-21(25)15(3)6-7-16-11-14(2)5-8-19(16)21/h6-7,11,14-15,17-19,22-23,25H,4-5,8-10,12-13H2,1-3H3/t14-,15+,17-,18-,19?,21-/m1/s1. The first-order valence-electron chi connectivity index (χ1n) is 9.90. The topological polar surface area (TPSA) is 87.0 Å². The lowest BCUT2D eigenvalue weighted by atomic mass is 9.63. The van der Waals surface area contributed by atoms with Gasteiger partial charge in [-0.1, -0.05) is 32.1 Å². The van der Waals surface area contributed by atoms with Gasteiger partial charge >= 0.3 is 5.97 Å². The van der Waals surface area contributed by atoms with Gasteiger partial charge in [0, 0.05) is 11.8 Å². The molecular formula is C21H34O5. The zero-order valence-electron chi connectivity index (χ0n) is 16.2. The minimum atomic E-state index is -0.923. The summed E-state index contributed by atoms with van der Waals surface area (Å²) in [6.07, 6.45) is 7.67. The molecule has 148 valence electrons. The summed E-state index contributed by atoms with van der Waals surface area (Å²) in [4.78, 5) is 11.4. The van der Waals surface area contributed by atoms with E-state index in [1.165, 1.54) is 5.57 Å². The molecule has 0 spiro atoms. The minimum Gasteiger partial charge on any atom is -0.466 e. The number of carbonyl (C=O) groups excluding carboxylic acids is 1. The Hall–Kier alpha value is -1.17. The number of allylic oxidation sites excluding steroid dienone is 2. The average Bonchev–Trinajstić information content (AvgIpc) is 2.56. The van der Waals surface area contributed by atoms with Crippen LogP contribution in [0.1, 0.15) is 59.3 Å². The zero-order chi connectivity index (χ0) is 19.3. The molecule has 3 N–H and O–H groups in total. The van der Waals surface area contributed by atoms with Crippen molar-refractivity contribution >= 4 is 5.97 Å². The largest absolute Gasteiger partial charge is 0.466 e. The van der Waals surface area contributed by atoms with E-state index in [1.54, 1.807) is 6.92 Å². The third kappa shape index (κ3) is 5.18. The van der Waals surface area contributed by atoms with Crippen LogP contribution in [0.2, 0.25) is 0 Å². The number of aliphatic hydroxyl groups is 3. The van der Waals surface area contributed by atoms with Crippen molar-refractivity contribution in [3.63, 3.8) is 0 Å². The molecule has 2 rings (SSSR count). The van der Waals surface area contributed by atoms with Crippen LogP contribution in [0.4, 0.5) is 0 Å². The molecule has 0 aromatic heterocycles. The summed E-state index contributed by atoms with van der Waals surface area (Å²) in [5.41, 5.74) is 0.342. The fourth-order valence-corrected chi connectivity index (χ4v) is 4.30. The van der Waals surface area contributed by atoms with Crippen molar-refractivity contribution in [2.75, 3.05) is 6.61 Å². The Labute approximate surface area is 156 Å². The van der Waals surface area contributed by atoms with Gasteiger partial charge in [-0.15, -0.1) is 0 Å². The molecule has 0 aliphatic heterocycles. The summed E-state index contributed by atoms with van der Waals surface area (Å²) in [5.74, 6) is 0.209. The van der Waals surface area contributed by atoms with Gasteiger partial charge in [-0.2, -0.15) is 0 Å². The van der Waals surface area contributed by atoms with Gasteiger partial charge in [0.1, 0.15) is 0 Å². The van der Waals surface area contributed by atoms with Gasteiger partial charge < -0.3 is 20.1 Å². The first kappa shape index (κ1) is 21.1. The third-order valence-electron chi connectivity index (χ3n) is 5.89. The van der Waals surface area contributed by atoms with Gasteiger partial charge in [0.15, 0.2) is 0 Å². The van der Waals surface area contributed by atoms with Crippen molar-refractivity contribution in [2.24, 2.45) is 17.8 Å². The van der Waals surface area contributed by atoms with Gasteiger partial charge in [0.2, 0.25) is 0 Å². The van der Waals surface area contributed by atoms with Crippen molar-refractivity contribution in [3.05, 3.63) is 23.8 Å². The molecular weight excluding hydrogens is 332 g/mol. The molecule has 6 atom stereocenters. The van der Waals surface area contributed by atoms with E-state index < -0.39 is 23.8 Å². The molecule has 5 heteroatoms. The molecule has 0 aromatic carbocycles. The molecule has 1 unspecified atom stereocenters. The van der Waals surface area contributed by atoms with E-state index in [-0.39, 0.29) is 31.3 Å². The van der Waals surface area contributed by atoms with Crippen molar-refractivity contribution < 1.29 is 24.9 Å². The number of carbonyl (C=O) groups is 1. The van der Waals surface area contributed by atoms with Crippen molar-refractivity contribution in [1.82, 2.24) is 0 Å². The van der Waals surface area contributed by atoms with Gasteiger partial charge in [-0.3, -0.25) is 4.79 Å². The predicted octanol–water partition coefficient (Wildman–Crippen LogP) is 2.74. The molecule has 26 heavy (non-hydrogen) atoms. The van der Waals surface area contributed by atoms with Crippen LogP contribution >= 0.6 is 0 Å². The Morgan fingerprint density at radius 2 is 2.04 bits per heavy atom. The molecule has 0 fully saturated rings. The van der Waals surface area contributed by atoms with Gasteiger partial charge in [0.05, 0.1) is 30.8 Å². The number of rotatable bonds is 8. The van der Waals surface area contributed by atoms with Crippen LogP contribution in [0.3, 0.4) is 0 Å². The van der Waals surface area contributed by atoms with E-state index in [0.29, 0.717) is 18.8 Å². The number of hydrogen-bond donors (Lipinski definition) is 3. The quantitative estimate of drug-likeness (QED) is 0.575. The van der Waals surface area contributed by atoms with Crippen LogP contribution in [0.25, 0.3) is 0 Å². The molecule has 0 radical (unpaired) electrons. The summed E-state index contributed by atoms with van der Waals surface area (Å²) in [7, 11) is 0. The molecule has 5 nitrogen and oxygen atoms in total. The van der Waals surface area contributed by atoms with E-state index in [4.69, 9.17) is 4.74 Å². The average molecular weight is 366 g/mol. The van der Waals surface area contributed by atoms with Gasteiger partial charge in [-0.05, 0) is 50.5 Å². The monoisotopic (exact) mass is 366 g/mol. The smallest absolute Gasteiger partial charge is 0.308 e. The van der Waals surface area contributed by atoms with E-state index in [1.807, 2.05) is 6.92 Å². The Bertz CT molecular complexity index is 541. The highest BCUT2D eigenvalue weighted by Crippen LogP contribution is 2.46. The van der Waals surface area contributed by atoms with Crippen LogP contribution in [0.5, 0.6) is 0 Å². The summed E-state index contributed by atoms with van der Waals surface area (Å²) in [6.45, 7) is 6.22. The van der Waals surface area contributed by atoms with E-state index >= 15 is 0 Å². The molecule has 0 amide bonds. The maximum atomic E-state index is 11.4. The molecule has 0 saturated carbocycles. The second-order valence-corrected chi connectivity index (χ2v) is 8.00. The highest BCUT2D eigenvalue weighted by atomic mass is 16.5. The van der Waals surface area contributed by atoms with Gasteiger partial charge in [0.25, 0.3) is 0 Å². The lowest BCUT2D eigenvalue weighted by molar-refractivity contribution is -0.145. The first-order valence-corrected chi connectivity index (χ1v) is 9.90. The summed E-state index contributed by atoms with van der Waals surface area (Å²) in [5, 5.41) is 31.6. The number of esters is 1. The minimum absolute atomic E-state index is 0.0229. The van der Waals surface area contributed by atoms with Crippen LogP contribution < -0.4 is 0 Å². The molecule has 0 aromatic rings. The maximum absolute atomic E-state index is 11.4. The van der Waals surface area contributed by atoms with Crippen molar-refractivity contribution in [3.8, 4) is 0 Å². The lowest BCUT2D eigenvalue weighted by Gasteiger charge is -2.46. The Morgan fingerprint density at radius 3 is 2.73 bits per heavy atom. The van der Waals surface area contributed by atoms with Crippen LogP contribution in [-0.4, -0.2) is 45.7 Å². The second kappa shape index (κ2) is 9.16. The molecule has 0 bridgehead atoms. The summed E-state index contributed by atoms with van der Waals surface area (Å²) in [6, 6.07) is 0. The van der Waals surface area contributed by atoms with Crippen LogP contribution in [0.15, 0.2) is 23.8 Å². The number of fused-ring (bicyclic) bond motifs is 1. The number of ether oxygens (including phenoxy) is 1. The van der Waals surface area contributed by atoms with Crippen molar-refractivity contribution in [1.29, 1.82) is 0 Å². The van der Waals surface area contributed by atoms with E-state index in [2.05, 4.69) is 25.2 Å². The number of hydrogen-bond acceptors (Lipinski definition) is 5. The molecule has 0 saturated heterocycles. The lowest BCUT2D eigenvalue weighted by Crippen LogP contribution is -2.47. The van der Waals surface area contributed by atoms with Crippen molar-refractivity contribution in [2.45, 2.75) is 77.1 Å². The summed E-state index contributed by atoms with van der Waals surface area (Å²) >= 11 is 0. The molecule has 0 heterocycles. The Balaban J connectivity index is 1.91. The Morgan fingerprint density at radius 1 is 1.31 bits per heavy atom. The van der Waals surface area contributed by atoms with E-state index in [9.17, 15) is 20.1 Å². The maximum Gasteiger partial charge on any atom is 0.308 e.